The van der Waals surface area contributed by atoms with Crippen molar-refractivity contribution < 1.29 is 37.9 Å². The van der Waals surface area contributed by atoms with Gasteiger partial charge in [-0.15, -0.1) is 0 Å². The summed E-state index contributed by atoms with van der Waals surface area (Å²) in [6, 6.07) is 0. The highest BCUT2D eigenvalue weighted by molar-refractivity contribution is 7.46. The Hall–Kier alpha value is -1.73. The summed E-state index contributed by atoms with van der Waals surface area (Å²) in [5, 5.41) is 0. The van der Waals surface area contributed by atoms with Gasteiger partial charge in [-0.25, -0.2) is 4.57 Å². The number of allylic oxidation sites excluding steroid dienone is 6. The smallest absolute Gasteiger partial charge is 0.462 e. The minimum Gasteiger partial charge on any atom is -0.462 e. The topological polar surface area (TPSA) is 119 Å². The predicted octanol–water partition coefficient (Wildman–Crippen LogP) is 12.6. The van der Waals surface area contributed by atoms with Crippen LogP contribution in [0.25, 0.3) is 0 Å². The third-order valence-corrected chi connectivity index (χ3v) is 9.41. The molecule has 298 valence electrons. The van der Waals surface area contributed by atoms with Crippen LogP contribution in [0.2, 0.25) is 0 Å². The lowest BCUT2D eigenvalue weighted by molar-refractivity contribution is -0.161. The summed E-state index contributed by atoms with van der Waals surface area (Å²) in [5.74, 6) is -0.898. The van der Waals surface area contributed by atoms with Crippen LogP contribution in [0.4, 0.5) is 0 Å². The largest absolute Gasteiger partial charge is 0.469 e. The Morgan fingerprint density at radius 2 is 0.941 bits per heavy atom. The monoisotopic (exact) mass is 741 g/mol. The fourth-order valence-corrected chi connectivity index (χ4v) is 6.22. The molecule has 0 aromatic rings. The Balaban J connectivity index is 3.91. The van der Waals surface area contributed by atoms with Gasteiger partial charge in [0.1, 0.15) is 6.61 Å². The lowest BCUT2D eigenvalue weighted by Crippen LogP contribution is -2.29. The fourth-order valence-electron chi connectivity index (χ4n) is 5.86. The second kappa shape index (κ2) is 38.0. The van der Waals surface area contributed by atoms with Gasteiger partial charge < -0.3 is 19.3 Å². The average molecular weight is 741 g/mol. The minimum absolute atomic E-state index is 0.211. The molecule has 2 N–H and O–H groups in total. The standard InChI is InChI=1S/C42H77O8P/c1-3-5-7-9-11-13-15-17-19-20-21-23-25-27-29-31-33-35-37-42(44)50-40(39-49-51(45,46)47)38-48-41(43)36-34-32-30-28-26-24-22-18-16-14-12-10-8-6-4-2/h6,8,12,14,18,22,40H,3-5,7,9-11,13,15-17,19-21,23-39H2,1-2H3,(H2,45,46,47)/b8-6+,14-12+,22-18+/t40-/m1/s1. The van der Waals surface area contributed by atoms with Crippen LogP contribution in [0.1, 0.15) is 200 Å². The highest BCUT2D eigenvalue weighted by atomic mass is 31.2. The molecule has 0 fully saturated rings. The normalized spacial score (nSPS) is 12.8. The van der Waals surface area contributed by atoms with Gasteiger partial charge in [-0.2, -0.15) is 0 Å². The quantitative estimate of drug-likeness (QED) is 0.0278. The third-order valence-electron chi connectivity index (χ3n) is 8.92. The van der Waals surface area contributed by atoms with Crippen molar-refractivity contribution >= 4 is 19.8 Å². The number of phosphoric ester groups is 1. The van der Waals surface area contributed by atoms with Gasteiger partial charge in [-0.05, 0) is 44.9 Å². The van der Waals surface area contributed by atoms with Crippen LogP contribution in [0.15, 0.2) is 36.5 Å². The summed E-state index contributed by atoms with van der Waals surface area (Å²) in [6.45, 7) is 3.57. The van der Waals surface area contributed by atoms with Crippen molar-refractivity contribution in [2.45, 2.75) is 206 Å². The van der Waals surface area contributed by atoms with Crippen molar-refractivity contribution in [3.63, 3.8) is 0 Å². The van der Waals surface area contributed by atoms with E-state index in [0.717, 1.165) is 70.6 Å². The molecule has 51 heavy (non-hydrogen) atoms. The molecule has 0 aromatic heterocycles. The Morgan fingerprint density at radius 1 is 0.529 bits per heavy atom. The van der Waals surface area contributed by atoms with Crippen LogP contribution < -0.4 is 0 Å². The van der Waals surface area contributed by atoms with Crippen LogP contribution >= 0.6 is 7.82 Å². The summed E-state index contributed by atoms with van der Waals surface area (Å²) < 4.78 is 26.4. The van der Waals surface area contributed by atoms with Gasteiger partial charge in [0.05, 0.1) is 6.61 Å². The Kier molecular flexibility index (Phi) is 36.7. The van der Waals surface area contributed by atoms with Crippen LogP contribution in [0.3, 0.4) is 0 Å². The van der Waals surface area contributed by atoms with Gasteiger partial charge >= 0.3 is 19.8 Å². The summed E-state index contributed by atoms with van der Waals surface area (Å²) in [6.07, 6.45) is 44.4. The lowest BCUT2D eigenvalue weighted by atomic mass is 10.0. The number of phosphoric acid groups is 1. The van der Waals surface area contributed by atoms with Crippen molar-refractivity contribution in [1.29, 1.82) is 0 Å². The molecule has 0 rings (SSSR count). The number of unbranched alkanes of at least 4 members (excludes halogenated alkanes) is 22. The molecular formula is C42H77O8P. The van der Waals surface area contributed by atoms with Gasteiger partial charge in [0.2, 0.25) is 0 Å². The third kappa shape index (κ3) is 40.9. The summed E-state index contributed by atoms with van der Waals surface area (Å²) >= 11 is 0. The first kappa shape index (κ1) is 49.3. The Labute approximate surface area is 312 Å². The second-order valence-corrected chi connectivity index (χ2v) is 15.2. The first-order valence-electron chi connectivity index (χ1n) is 20.8. The average Bonchev–Trinajstić information content (AvgIpc) is 3.10. The van der Waals surface area contributed by atoms with Gasteiger partial charge in [0.15, 0.2) is 6.10 Å². The van der Waals surface area contributed by atoms with Crippen LogP contribution in [-0.4, -0.2) is 41.0 Å². The molecule has 0 amide bonds. The van der Waals surface area contributed by atoms with Gasteiger partial charge in [0, 0.05) is 12.8 Å². The SMILES string of the molecule is CC/C=C/C/C=C/C/C=C/CCCCCCCC(=O)OC[C@H](COP(=O)(O)O)OC(=O)CCCCCCCCCCCCCCCCCCCC. The van der Waals surface area contributed by atoms with E-state index in [4.69, 9.17) is 19.3 Å². The Morgan fingerprint density at radius 3 is 1.41 bits per heavy atom. The number of ether oxygens (including phenoxy) is 2. The van der Waals surface area contributed by atoms with E-state index < -0.39 is 32.5 Å². The molecule has 0 aliphatic carbocycles. The highest BCUT2D eigenvalue weighted by Crippen LogP contribution is 2.36. The Bertz CT molecular complexity index is 926. The number of carbonyl (C=O) groups excluding carboxylic acids is 2. The molecule has 0 aliphatic rings. The molecule has 0 aliphatic heterocycles. The molecule has 0 heterocycles. The molecule has 0 unspecified atom stereocenters. The molecule has 0 saturated heterocycles. The molecule has 1 atom stereocenters. The summed E-state index contributed by atoms with van der Waals surface area (Å²) in [5.41, 5.74) is 0. The number of hydrogen-bond acceptors (Lipinski definition) is 6. The zero-order valence-corrected chi connectivity index (χ0v) is 33.6. The first-order chi connectivity index (χ1) is 24.8. The maximum absolute atomic E-state index is 12.4. The fraction of sp³-hybridized carbons (Fsp3) is 0.810. The molecule has 0 saturated carbocycles. The maximum Gasteiger partial charge on any atom is 0.469 e. The summed E-state index contributed by atoms with van der Waals surface area (Å²) in [4.78, 5) is 42.8. The highest BCUT2D eigenvalue weighted by Gasteiger charge is 2.22. The van der Waals surface area contributed by atoms with E-state index in [-0.39, 0.29) is 19.4 Å². The van der Waals surface area contributed by atoms with E-state index in [1.54, 1.807) is 0 Å². The van der Waals surface area contributed by atoms with E-state index in [1.165, 1.54) is 89.9 Å². The number of rotatable bonds is 38. The maximum atomic E-state index is 12.4. The van der Waals surface area contributed by atoms with Crippen molar-refractivity contribution in [1.82, 2.24) is 0 Å². The van der Waals surface area contributed by atoms with E-state index in [9.17, 15) is 14.2 Å². The number of esters is 2. The molecule has 0 bridgehead atoms. The van der Waals surface area contributed by atoms with E-state index in [2.05, 4.69) is 54.8 Å². The molecular weight excluding hydrogens is 663 g/mol. The first-order valence-corrected chi connectivity index (χ1v) is 22.3. The molecule has 9 heteroatoms. The van der Waals surface area contributed by atoms with Crippen molar-refractivity contribution in [3.05, 3.63) is 36.5 Å². The molecule has 0 spiro atoms. The van der Waals surface area contributed by atoms with Gasteiger partial charge in [0.25, 0.3) is 0 Å². The van der Waals surface area contributed by atoms with Crippen molar-refractivity contribution in [3.8, 4) is 0 Å². The van der Waals surface area contributed by atoms with Crippen molar-refractivity contribution in [2.75, 3.05) is 13.2 Å². The number of carbonyl (C=O) groups is 2. The van der Waals surface area contributed by atoms with Gasteiger partial charge in [-0.1, -0.05) is 179 Å². The van der Waals surface area contributed by atoms with E-state index in [0.29, 0.717) is 12.8 Å². The molecule has 0 aromatic carbocycles. The lowest BCUT2D eigenvalue weighted by Gasteiger charge is -2.18. The van der Waals surface area contributed by atoms with Gasteiger partial charge in [-0.3, -0.25) is 14.1 Å². The zero-order valence-electron chi connectivity index (χ0n) is 32.8. The minimum atomic E-state index is -4.75. The summed E-state index contributed by atoms with van der Waals surface area (Å²) in [7, 11) is -4.75. The van der Waals surface area contributed by atoms with E-state index >= 15 is 0 Å². The van der Waals surface area contributed by atoms with E-state index in [1.807, 2.05) is 0 Å². The van der Waals surface area contributed by atoms with Crippen LogP contribution in [0, 0.1) is 0 Å². The molecule has 8 nitrogen and oxygen atoms in total. The number of hydrogen-bond donors (Lipinski definition) is 2. The van der Waals surface area contributed by atoms with Crippen LogP contribution in [-0.2, 0) is 28.2 Å². The predicted molar refractivity (Wildman–Crippen MR) is 211 cm³/mol. The molecule has 0 radical (unpaired) electrons. The zero-order chi connectivity index (χ0) is 37.5. The van der Waals surface area contributed by atoms with Crippen LogP contribution in [0.5, 0.6) is 0 Å². The second-order valence-electron chi connectivity index (χ2n) is 13.9. The van der Waals surface area contributed by atoms with Crippen molar-refractivity contribution in [2.24, 2.45) is 0 Å².